The number of carbonyl (C=O) groups is 1. The average Bonchev–Trinajstić information content (AvgIpc) is 2.32. The summed E-state index contributed by atoms with van der Waals surface area (Å²) in [5, 5.41) is 2.73. The number of urea groups is 1. The summed E-state index contributed by atoms with van der Waals surface area (Å²) in [7, 11) is 3.40. The number of aryl methyl sites for hydroxylation is 1. The third kappa shape index (κ3) is 4.82. The second-order valence-corrected chi connectivity index (χ2v) is 3.92. The summed E-state index contributed by atoms with van der Waals surface area (Å²) in [6.45, 7) is 3.27. The Morgan fingerprint density at radius 3 is 2.88 bits per heavy atom. The summed E-state index contributed by atoms with van der Waals surface area (Å²) in [6.07, 6.45) is 2.54. The maximum absolute atomic E-state index is 11.7. The molecule has 0 unspecified atom stereocenters. The third-order valence-corrected chi connectivity index (χ3v) is 2.34. The van der Waals surface area contributed by atoms with Gasteiger partial charge in [-0.05, 0) is 25.0 Å². The van der Waals surface area contributed by atoms with Crippen LogP contribution in [-0.4, -0.2) is 43.2 Å². The minimum absolute atomic E-state index is 0.155. The van der Waals surface area contributed by atoms with Crippen LogP contribution in [0.4, 0.5) is 10.6 Å². The van der Waals surface area contributed by atoms with Crippen LogP contribution in [0.15, 0.2) is 18.3 Å². The molecule has 0 bridgehead atoms. The fourth-order valence-electron chi connectivity index (χ4n) is 1.29. The lowest BCUT2D eigenvalue weighted by Gasteiger charge is -2.17. The van der Waals surface area contributed by atoms with Gasteiger partial charge in [0.15, 0.2) is 0 Å². The van der Waals surface area contributed by atoms with Gasteiger partial charge in [0.05, 0.1) is 0 Å². The zero-order valence-corrected chi connectivity index (χ0v) is 10.6. The second-order valence-electron chi connectivity index (χ2n) is 3.92. The lowest BCUT2D eigenvalue weighted by molar-refractivity contribution is 0.179. The van der Waals surface area contributed by atoms with E-state index in [0.717, 1.165) is 12.0 Å². The molecule has 1 aromatic heterocycles. The third-order valence-electron chi connectivity index (χ3n) is 2.34. The van der Waals surface area contributed by atoms with Gasteiger partial charge in [-0.25, -0.2) is 9.78 Å². The number of pyridine rings is 1. The first-order chi connectivity index (χ1) is 8.13. The van der Waals surface area contributed by atoms with Crippen molar-refractivity contribution in [3.05, 3.63) is 23.9 Å². The molecule has 5 heteroatoms. The smallest absolute Gasteiger partial charge is 0.322 e. The monoisotopic (exact) mass is 237 g/mol. The quantitative estimate of drug-likeness (QED) is 0.796. The number of hydrogen-bond donors (Lipinski definition) is 1. The molecule has 17 heavy (non-hydrogen) atoms. The van der Waals surface area contributed by atoms with Gasteiger partial charge in [-0.15, -0.1) is 0 Å². The Balaban J connectivity index is 2.40. The van der Waals surface area contributed by atoms with E-state index in [-0.39, 0.29) is 6.03 Å². The van der Waals surface area contributed by atoms with E-state index in [1.54, 1.807) is 31.3 Å². The average molecular weight is 237 g/mol. The molecule has 0 radical (unpaired) electrons. The van der Waals surface area contributed by atoms with Crippen LogP contribution >= 0.6 is 0 Å². The Bertz CT molecular complexity index is 351. The van der Waals surface area contributed by atoms with E-state index in [9.17, 15) is 4.79 Å². The van der Waals surface area contributed by atoms with Crippen molar-refractivity contribution >= 4 is 11.8 Å². The van der Waals surface area contributed by atoms with Gasteiger partial charge in [0, 0.05) is 33.5 Å². The van der Waals surface area contributed by atoms with E-state index < -0.39 is 0 Å². The number of hydrogen-bond acceptors (Lipinski definition) is 3. The highest BCUT2D eigenvalue weighted by Crippen LogP contribution is 2.04. The molecular weight excluding hydrogens is 218 g/mol. The molecule has 0 saturated heterocycles. The normalized spacial score (nSPS) is 10.1. The van der Waals surface area contributed by atoms with Crippen molar-refractivity contribution in [3.63, 3.8) is 0 Å². The van der Waals surface area contributed by atoms with E-state index in [1.807, 2.05) is 13.0 Å². The van der Waals surface area contributed by atoms with Gasteiger partial charge < -0.3 is 9.64 Å². The van der Waals surface area contributed by atoms with E-state index in [2.05, 4.69) is 10.3 Å². The lowest BCUT2D eigenvalue weighted by atomic mass is 10.3. The Morgan fingerprint density at radius 2 is 2.29 bits per heavy atom. The standard InChI is InChI=1S/C12H19N3O2/c1-10-5-6-11(13-9-10)14-12(16)15(2)7-4-8-17-3/h5-6,9H,4,7-8H2,1-3H3,(H,13,14,16). The molecule has 1 aromatic rings. The molecule has 0 aliphatic rings. The van der Waals surface area contributed by atoms with Gasteiger partial charge in [-0.1, -0.05) is 6.07 Å². The van der Waals surface area contributed by atoms with Crippen LogP contribution in [0.3, 0.4) is 0 Å². The Morgan fingerprint density at radius 1 is 1.53 bits per heavy atom. The molecule has 0 aliphatic carbocycles. The van der Waals surface area contributed by atoms with Gasteiger partial charge in [-0.3, -0.25) is 5.32 Å². The molecular formula is C12H19N3O2. The van der Waals surface area contributed by atoms with E-state index in [0.29, 0.717) is 19.0 Å². The molecule has 2 amide bonds. The highest BCUT2D eigenvalue weighted by molar-refractivity contribution is 5.88. The number of anilines is 1. The predicted octanol–water partition coefficient (Wildman–Crippen LogP) is 1.89. The molecule has 0 aromatic carbocycles. The summed E-state index contributed by atoms with van der Waals surface area (Å²) in [4.78, 5) is 17.5. The molecule has 94 valence electrons. The summed E-state index contributed by atoms with van der Waals surface area (Å²) in [6, 6.07) is 3.54. The topological polar surface area (TPSA) is 54.5 Å². The number of methoxy groups -OCH3 is 1. The van der Waals surface area contributed by atoms with Crippen molar-refractivity contribution in [3.8, 4) is 0 Å². The van der Waals surface area contributed by atoms with Crippen LogP contribution in [-0.2, 0) is 4.74 Å². The first kappa shape index (κ1) is 13.4. The molecule has 5 nitrogen and oxygen atoms in total. The molecule has 0 spiro atoms. The van der Waals surface area contributed by atoms with Crippen LogP contribution in [0.2, 0.25) is 0 Å². The van der Waals surface area contributed by atoms with Gasteiger partial charge in [0.1, 0.15) is 5.82 Å². The number of nitrogens with zero attached hydrogens (tertiary/aromatic N) is 2. The van der Waals surface area contributed by atoms with Crippen molar-refractivity contribution < 1.29 is 9.53 Å². The Labute approximate surface area is 102 Å². The van der Waals surface area contributed by atoms with Crippen LogP contribution in [0, 0.1) is 6.92 Å². The minimum atomic E-state index is -0.155. The van der Waals surface area contributed by atoms with E-state index in [4.69, 9.17) is 4.74 Å². The SMILES string of the molecule is COCCCN(C)C(=O)Nc1ccc(C)cn1. The van der Waals surface area contributed by atoms with Gasteiger partial charge in [0.25, 0.3) is 0 Å². The van der Waals surface area contributed by atoms with Crippen molar-refractivity contribution in [2.45, 2.75) is 13.3 Å². The lowest BCUT2D eigenvalue weighted by Crippen LogP contribution is -2.32. The summed E-state index contributed by atoms with van der Waals surface area (Å²) in [5.74, 6) is 0.569. The Kier molecular flexibility index (Phi) is 5.42. The highest BCUT2D eigenvalue weighted by Gasteiger charge is 2.08. The number of ether oxygens (including phenoxy) is 1. The number of carbonyl (C=O) groups excluding carboxylic acids is 1. The molecule has 0 aliphatic heterocycles. The first-order valence-electron chi connectivity index (χ1n) is 5.57. The van der Waals surface area contributed by atoms with Gasteiger partial charge >= 0.3 is 6.03 Å². The first-order valence-corrected chi connectivity index (χ1v) is 5.57. The summed E-state index contributed by atoms with van der Waals surface area (Å²) < 4.78 is 4.93. The van der Waals surface area contributed by atoms with E-state index >= 15 is 0 Å². The molecule has 1 heterocycles. The fourth-order valence-corrected chi connectivity index (χ4v) is 1.29. The number of amides is 2. The zero-order chi connectivity index (χ0) is 12.7. The second kappa shape index (κ2) is 6.85. The summed E-state index contributed by atoms with van der Waals surface area (Å²) in [5.41, 5.74) is 1.07. The van der Waals surface area contributed by atoms with Crippen molar-refractivity contribution in [2.24, 2.45) is 0 Å². The predicted molar refractivity (Wildman–Crippen MR) is 67.1 cm³/mol. The molecule has 0 fully saturated rings. The minimum Gasteiger partial charge on any atom is -0.385 e. The largest absolute Gasteiger partial charge is 0.385 e. The Hall–Kier alpha value is -1.62. The maximum atomic E-state index is 11.7. The van der Waals surface area contributed by atoms with Crippen LogP contribution < -0.4 is 5.32 Å². The molecule has 1 N–H and O–H groups in total. The number of nitrogens with one attached hydrogen (secondary N) is 1. The van der Waals surface area contributed by atoms with Crippen molar-refractivity contribution in [1.82, 2.24) is 9.88 Å². The van der Waals surface area contributed by atoms with Crippen LogP contribution in [0.25, 0.3) is 0 Å². The molecule has 1 rings (SSSR count). The maximum Gasteiger partial charge on any atom is 0.322 e. The zero-order valence-electron chi connectivity index (χ0n) is 10.6. The van der Waals surface area contributed by atoms with Crippen LogP contribution in [0.5, 0.6) is 0 Å². The number of aromatic nitrogens is 1. The van der Waals surface area contributed by atoms with Crippen LogP contribution in [0.1, 0.15) is 12.0 Å². The van der Waals surface area contributed by atoms with Crippen molar-refractivity contribution in [1.29, 1.82) is 0 Å². The van der Waals surface area contributed by atoms with Gasteiger partial charge in [0.2, 0.25) is 0 Å². The fraction of sp³-hybridized carbons (Fsp3) is 0.500. The highest BCUT2D eigenvalue weighted by atomic mass is 16.5. The molecule has 0 saturated carbocycles. The molecule has 0 atom stereocenters. The summed E-state index contributed by atoms with van der Waals surface area (Å²) >= 11 is 0. The van der Waals surface area contributed by atoms with Gasteiger partial charge in [-0.2, -0.15) is 0 Å². The van der Waals surface area contributed by atoms with Crippen molar-refractivity contribution in [2.75, 3.05) is 32.6 Å². The van der Waals surface area contributed by atoms with E-state index in [1.165, 1.54) is 0 Å². The number of rotatable bonds is 5.